The van der Waals surface area contributed by atoms with Gasteiger partial charge < -0.3 is 10.1 Å². The fourth-order valence-corrected chi connectivity index (χ4v) is 5.49. The minimum Gasteiger partial charge on any atom is -0.459 e. The average molecular weight is 432 g/mol. The highest BCUT2D eigenvalue weighted by Crippen LogP contribution is 2.38. The van der Waals surface area contributed by atoms with Crippen molar-refractivity contribution in [3.63, 3.8) is 0 Å². The number of amides is 1. The van der Waals surface area contributed by atoms with E-state index in [9.17, 15) is 14.4 Å². The van der Waals surface area contributed by atoms with E-state index in [-0.39, 0.29) is 24.1 Å². The maximum Gasteiger partial charge on any atom is 0.341 e. The second-order valence-electron chi connectivity index (χ2n) is 7.23. The molecule has 0 aliphatic heterocycles. The van der Waals surface area contributed by atoms with Crippen molar-refractivity contribution in [3.05, 3.63) is 44.1 Å². The highest BCUT2D eigenvalue weighted by atomic mass is 32.1. The molecule has 1 aliphatic carbocycles. The van der Waals surface area contributed by atoms with Crippen LogP contribution in [0.1, 0.15) is 47.5 Å². The Bertz CT molecular complexity index is 1140. The summed E-state index contributed by atoms with van der Waals surface area (Å²) < 4.78 is 6.69. The third-order valence-corrected chi connectivity index (χ3v) is 6.76. The first-order valence-electron chi connectivity index (χ1n) is 9.52. The van der Waals surface area contributed by atoms with Gasteiger partial charge in [-0.15, -0.1) is 22.7 Å². The van der Waals surface area contributed by atoms with Gasteiger partial charge in [0.2, 0.25) is 5.91 Å². The number of thiophene rings is 2. The van der Waals surface area contributed by atoms with Crippen LogP contribution in [0.5, 0.6) is 0 Å². The number of nitrogens with zero attached hydrogens (tertiary/aromatic N) is 2. The number of aryl methyl sites for hydroxylation is 1. The van der Waals surface area contributed by atoms with Crippen molar-refractivity contribution in [3.8, 4) is 0 Å². The number of nitrogens with one attached hydrogen (secondary N) is 1. The molecule has 3 aromatic heterocycles. The minimum absolute atomic E-state index is 0.168. The number of esters is 1. The number of hydrogen-bond acceptors (Lipinski definition) is 7. The van der Waals surface area contributed by atoms with Crippen LogP contribution in [-0.4, -0.2) is 27.5 Å². The molecule has 0 saturated carbocycles. The van der Waals surface area contributed by atoms with Gasteiger partial charge in [-0.2, -0.15) is 0 Å². The maximum atomic E-state index is 12.7. The molecule has 0 bridgehead atoms. The van der Waals surface area contributed by atoms with Crippen molar-refractivity contribution < 1.29 is 14.3 Å². The lowest BCUT2D eigenvalue weighted by Crippen LogP contribution is -2.28. The van der Waals surface area contributed by atoms with Gasteiger partial charge in [-0.05, 0) is 56.5 Å². The predicted octanol–water partition coefficient (Wildman–Crippen LogP) is 3.60. The predicted molar refractivity (Wildman–Crippen MR) is 114 cm³/mol. The Morgan fingerprint density at radius 2 is 2.10 bits per heavy atom. The number of aromatic nitrogens is 2. The van der Waals surface area contributed by atoms with Gasteiger partial charge in [0.1, 0.15) is 16.4 Å². The minimum atomic E-state index is -0.409. The van der Waals surface area contributed by atoms with E-state index in [2.05, 4.69) is 10.3 Å². The van der Waals surface area contributed by atoms with Gasteiger partial charge in [0, 0.05) is 4.88 Å². The van der Waals surface area contributed by atoms with E-state index >= 15 is 0 Å². The summed E-state index contributed by atoms with van der Waals surface area (Å²) in [5.41, 5.74) is 1.20. The van der Waals surface area contributed by atoms with Crippen LogP contribution in [0.3, 0.4) is 0 Å². The molecule has 7 nitrogen and oxygen atoms in total. The van der Waals surface area contributed by atoms with Crippen LogP contribution in [0.4, 0.5) is 5.00 Å². The van der Waals surface area contributed by atoms with E-state index < -0.39 is 5.97 Å². The van der Waals surface area contributed by atoms with Gasteiger partial charge >= 0.3 is 5.97 Å². The Balaban J connectivity index is 1.60. The topological polar surface area (TPSA) is 90.3 Å². The van der Waals surface area contributed by atoms with Crippen molar-refractivity contribution in [2.24, 2.45) is 0 Å². The largest absolute Gasteiger partial charge is 0.459 e. The highest BCUT2D eigenvalue weighted by Gasteiger charge is 2.28. The smallest absolute Gasteiger partial charge is 0.341 e. The fourth-order valence-electron chi connectivity index (χ4n) is 3.47. The molecule has 1 aliphatic rings. The van der Waals surface area contributed by atoms with E-state index in [1.165, 1.54) is 33.6 Å². The molecule has 29 heavy (non-hydrogen) atoms. The number of anilines is 1. The summed E-state index contributed by atoms with van der Waals surface area (Å²) in [5, 5.41) is 5.63. The summed E-state index contributed by atoms with van der Waals surface area (Å²) in [5.74, 6) is -0.783. The molecule has 0 aromatic carbocycles. The van der Waals surface area contributed by atoms with Crippen LogP contribution in [-0.2, 0) is 28.9 Å². The third kappa shape index (κ3) is 3.97. The Morgan fingerprint density at radius 1 is 1.31 bits per heavy atom. The average Bonchev–Trinajstić information content (AvgIpc) is 3.27. The van der Waals surface area contributed by atoms with E-state index in [0.29, 0.717) is 20.8 Å². The number of rotatable bonds is 5. The molecule has 3 aromatic rings. The van der Waals surface area contributed by atoms with Crippen molar-refractivity contribution in [1.29, 1.82) is 0 Å². The van der Waals surface area contributed by atoms with Crippen LogP contribution >= 0.6 is 22.7 Å². The second kappa shape index (κ2) is 8.08. The molecule has 152 valence electrons. The van der Waals surface area contributed by atoms with Gasteiger partial charge in [0.25, 0.3) is 5.56 Å². The number of ether oxygens (including phenoxy) is 1. The summed E-state index contributed by atoms with van der Waals surface area (Å²) in [6.07, 6.45) is 4.93. The Hall–Kier alpha value is -2.52. The zero-order chi connectivity index (χ0) is 20.5. The lowest BCUT2D eigenvalue weighted by atomic mass is 9.95. The fraction of sp³-hybridized carbons (Fsp3) is 0.400. The van der Waals surface area contributed by atoms with E-state index in [1.807, 2.05) is 0 Å². The lowest BCUT2D eigenvalue weighted by molar-refractivity contribution is -0.116. The van der Waals surface area contributed by atoms with Crippen molar-refractivity contribution in [2.45, 2.75) is 52.2 Å². The Kier molecular flexibility index (Phi) is 5.51. The Morgan fingerprint density at radius 3 is 2.90 bits per heavy atom. The zero-order valence-corrected chi connectivity index (χ0v) is 17.8. The zero-order valence-electron chi connectivity index (χ0n) is 16.2. The van der Waals surface area contributed by atoms with Crippen LogP contribution in [0.2, 0.25) is 0 Å². The summed E-state index contributed by atoms with van der Waals surface area (Å²) in [4.78, 5) is 43.9. The molecule has 0 saturated heterocycles. The third-order valence-electron chi connectivity index (χ3n) is 4.74. The molecule has 3 heterocycles. The molecule has 0 atom stereocenters. The van der Waals surface area contributed by atoms with Gasteiger partial charge in [-0.3, -0.25) is 14.2 Å². The summed E-state index contributed by atoms with van der Waals surface area (Å²) in [6, 6.07) is 1.71. The van der Waals surface area contributed by atoms with Crippen molar-refractivity contribution in [1.82, 2.24) is 9.55 Å². The first kappa shape index (κ1) is 19.8. The normalized spacial score (nSPS) is 13.5. The van der Waals surface area contributed by atoms with Crippen LogP contribution in [0.25, 0.3) is 10.2 Å². The van der Waals surface area contributed by atoms with Crippen molar-refractivity contribution >= 4 is 49.8 Å². The lowest BCUT2D eigenvalue weighted by Gasteiger charge is -2.14. The molecular weight excluding hydrogens is 410 g/mol. The summed E-state index contributed by atoms with van der Waals surface area (Å²) >= 11 is 2.81. The summed E-state index contributed by atoms with van der Waals surface area (Å²) in [6.45, 7) is 3.43. The molecule has 4 rings (SSSR count). The first-order valence-corrected chi connectivity index (χ1v) is 11.2. The van der Waals surface area contributed by atoms with Crippen LogP contribution in [0.15, 0.2) is 22.6 Å². The molecule has 0 spiro atoms. The molecular formula is C20H21N3O4S2. The summed E-state index contributed by atoms with van der Waals surface area (Å²) in [7, 11) is 0. The monoisotopic (exact) mass is 431 g/mol. The molecule has 0 fully saturated rings. The SMILES string of the molecule is CC(C)OC(=O)c1c(NC(=O)Cn2cnc3sccc3c2=O)sc2c1CCCC2. The second-order valence-corrected chi connectivity index (χ2v) is 9.23. The van der Waals surface area contributed by atoms with Gasteiger partial charge in [-0.1, -0.05) is 0 Å². The number of fused-ring (bicyclic) bond motifs is 2. The molecule has 1 N–H and O–H groups in total. The Labute approximate surface area is 175 Å². The van der Waals surface area contributed by atoms with Gasteiger partial charge in [0.05, 0.1) is 23.4 Å². The number of hydrogen-bond donors (Lipinski definition) is 1. The van der Waals surface area contributed by atoms with E-state index in [1.54, 1.807) is 25.3 Å². The number of carbonyl (C=O) groups is 2. The highest BCUT2D eigenvalue weighted by molar-refractivity contribution is 7.17. The van der Waals surface area contributed by atoms with E-state index in [4.69, 9.17) is 4.74 Å². The van der Waals surface area contributed by atoms with Gasteiger partial charge in [-0.25, -0.2) is 9.78 Å². The van der Waals surface area contributed by atoms with Crippen LogP contribution < -0.4 is 10.9 Å². The quantitative estimate of drug-likeness (QED) is 0.624. The standard InChI is InChI=1S/C20H21N3O4S2/c1-11(2)27-20(26)16-12-5-3-4-6-14(12)29-18(16)22-15(24)9-23-10-21-17-13(19(23)25)7-8-28-17/h7-8,10-11H,3-6,9H2,1-2H3,(H,22,24). The first-order chi connectivity index (χ1) is 13.9. The van der Waals surface area contributed by atoms with Crippen LogP contribution in [0, 0.1) is 0 Å². The maximum absolute atomic E-state index is 12.7. The van der Waals surface area contributed by atoms with E-state index in [0.717, 1.165) is 36.1 Å². The molecule has 9 heteroatoms. The molecule has 1 amide bonds. The van der Waals surface area contributed by atoms with Gasteiger partial charge in [0.15, 0.2) is 0 Å². The molecule has 0 unspecified atom stereocenters. The molecule has 0 radical (unpaired) electrons. The van der Waals surface area contributed by atoms with Crippen molar-refractivity contribution in [2.75, 3.05) is 5.32 Å². The number of carbonyl (C=O) groups excluding carboxylic acids is 2.